The molecule has 2 aromatic carbocycles. The van der Waals surface area contributed by atoms with Gasteiger partial charge in [0.05, 0.1) is 16.8 Å². The van der Waals surface area contributed by atoms with Crippen molar-refractivity contribution < 1.29 is 0 Å². The van der Waals surface area contributed by atoms with Crippen LogP contribution in [0, 0.1) is 11.3 Å². The number of benzene rings is 2. The van der Waals surface area contributed by atoms with E-state index < -0.39 is 0 Å². The van der Waals surface area contributed by atoms with Crippen molar-refractivity contribution in [2.45, 2.75) is 39.8 Å². The van der Waals surface area contributed by atoms with Crippen LogP contribution in [0.15, 0.2) is 48.8 Å². The summed E-state index contributed by atoms with van der Waals surface area (Å²) in [6.45, 7) is 8.24. The maximum Gasteiger partial charge on any atom is 0.159 e. The van der Waals surface area contributed by atoms with Gasteiger partial charge in [0, 0.05) is 35.6 Å². The lowest BCUT2D eigenvalue weighted by Crippen LogP contribution is -2.10. The number of nitrogens with zero attached hydrogens (tertiary/aromatic N) is 6. The van der Waals surface area contributed by atoms with Crippen LogP contribution in [0.1, 0.15) is 39.3 Å². The first-order chi connectivity index (χ1) is 14.5. The molecule has 0 aliphatic carbocycles. The molecule has 1 N–H and O–H groups in total. The summed E-state index contributed by atoms with van der Waals surface area (Å²) in [6, 6.07) is 14.4. The zero-order chi connectivity index (χ0) is 21.3. The number of nitriles is 1. The summed E-state index contributed by atoms with van der Waals surface area (Å²) in [7, 11) is 0. The number of fused-ring (bicyclic) bond motifs is 1. The lowest BCUT2D eigenvalue weighted by Gasteiger charge is -2.12. The molecule has 0 saturated carbocycles. The molecule has 2 heterocycles. The van der Waals surface area contributed by atoms with Crippen molar-refractivity contribution in [2.24, 2.45) is 0 Å². The van der Waals surface area contributed by atoms with Gasteiger partial charge in [-0.3, -0.25) is 0 Å². The summed E-state index contributed by atoms with van der Waals surface area (Å²) >= 11 is 0. The van der Waals surface area contributed by atoms with Gasteiger partial charge in [-0.1, -0.05) is 11.3 Å². The Bertz CT molecular complexity index is 1230. The van der Waals surface area contributed by atoms with Crippen molar-refractivity contribution in [3.05, 3.63) is 54.4 Å². The Morgan fingerprint density at radius 3 is 2.33 bits per heavy atom. The Balaban J connectivity index is 1.63. The van der Waals surface area contributed by atoms with Gasteiger partial charge in [-0.2, -0.15) is 5.26 Å². The third-order valence-electron chi connectivity index (χ3n) is 4.79. The van der Waals surface area contributed by atoms with Crippen LogP contribution < -0.4 is 5.32 Å². The topological polar surface area (TPSA) is 92.3 Å². The quantitative estimate of drug-likeness (QED) is 0.519. The first-order valence-electron chi connectivity index (χ1n) is 9.94. The van der Waals surface area contributed by atoms with Gasteiger partial charge in [0.25, 0.3) is 0 Å². The van der Waals surface area contributed by atoms with Crippen LogP contribution in [-0.4, -0.2) is 31.0 Å². The molecule has 0 aliphatic rings. The molecule has 0 saturated heterocycles. The average molecular weight is 397 g/mol. The predicted molar refractivity (Wildman–Crippen MR) is 118 cm³/mol. The highest BCUT2D eigenvalue weighted by molar-refractivity contribution is 5.81. The van der Waals surface area contributed by atoms with E-state index in [2.05, 4.69) is 45.5 Å². The molecular formula is C23H23N7. The van der Waals surface area contributed by atoms with E-state index in [1.165, 1.54) is 0 Å². The van der Waals surface area contributed by atoms with Crippen LogP contribution in [0.2, 0.25) is 0 Å². The molecule has 2 aromatic heterocycles. The van der Waals surface area contributed by atoms with Crippen LogP contribution in [0.25, 0.3) is 33.5 Å². The zero-order valence-corrected chi connectivity index (χ0v) is 17.5. The summed E-state index contributed by atoms with van der Waals surface area (Å²) in [4.78, 5) is 9.05. The first kappa shape index (κ1) is 19.5. The highest BCUT2D eigenvalue weighted by atomic mass is 15.4. The van der Waals surface area contributed by atoms with Crippen LogP contribution in [0.3, 0.4) is 0 Å². The van der Waals surface area contributed by atoms with E-state index in [1.54, 1.807) is 12.4 Å². The zero-order valence-electron chi connectivity index (χ0n) is 17.5. The van der Waals surface area contributed by atoms with E-state index in [1.807, 2.05) is 54.9 Å². The molecule has 30 heavy (non-hydrogen) atoms. The summed E-state index contributed by atoms with van der Waals surface area (Å²) in [5.41, 5.74) is 5.94. The second-order valence-corrected chi connectivity index (χ2v) is 7.80. The number of aromatic nitrogens is 5. The lowest BCUT2D eigenvalue weighted by molar-refractivity contribution is 0.530. The van der Waals surface area contributed by atoms with Crippen molar-refractivity contribution in [1.82, 2.24) is 25.0 Å². The van der Waals surface area contributed by atoms with Gasteiger partial charge in [-0.15, -0.1) is 5.10 Å². The van der Waals surface area contributed by atoms with Crippen LogP contribution in [-0.2, 0) is 0 Å². The number of nitrogens with one attached hydrogen (secondary N) is 1. The molecule has 0 unspecified atom stereocenters. The van der Waals surface area contributed by atoms with Gasteiger partial charge in [-0.05, 0) is 63.6 Å². The van der Waals surface area contributed by atoms with E-state index in [-0.39, 0.29) is 12.1 Å². The molecule has 7 nitrogen and oxygen atoms in total. The van der Waals surface area contributed by atoms with Gasteiger partial charge in [-0.25, -0.2) is 14.6 Å². The monoisotopic (exact) mass is 397 g/mol. The van der Waals surface area contributed by atoms with Crippen LogP contribution in [0.4, 0.5) is 5.69 Å². The van der Waals surface area contributed by atoms with E-state index in [0.717, 1.165) is 33.4 Å². The van der Waals surface area contributed by atoms with Gasteiger partial charge in [0.2, 0.25) is 0 Å². The molecule has 0 aliphatic heterocycles. The minimum atomic E-state index is 0.248. The molecule has 7 heteroatoms. The Kier molecular flexibility index (Phi) is 5.15. The summed E-state index contributed by atoms with van der Waals surface area (Å²) in [5, 5.41) is 21.3. The fraction of sp³-hybridized carbons (Fsp3) is 0.261. The smallest absolute Gasteiger partial charge is 0.159 e. The summed E-state index contributed by atoms with van der Waals surface area (Å²) in [6.07, 6.45) is 3.59. The minimum Gasteiger partial charge on any atom is -0.382 e. The molecule has 0 radical (unpaired) electrons. The Hall–Kier alpha value is -3.79. The van der Waals surface area contributed by atoms with Gasteiger partial charge >= 0.3 is 0 Å². The Morgan fingerprint density at radius 1 is 0.933 bits per heavy atom. The second-order valence-electron chi connectivity index (χ2n) is 7.80. The minimum absolute atomic E-state index is 0.248. The van der Waals surface area contributed by atoms with E-state index in [4.69, 9.17) is 0 Å². The molecule has 0 atom stereocenters. The number of hydrogen-bond donors (Lipinski definition) is 1. The largest absolute Gasteiger partial charge is 0.382 e. The van der Waals surface area contributed by atoms with Crippen molar-refractivity contribution >= 4 is 16.7 Å². The third kappa shape index (κ3) is 3.72. The van der Waals surface area contributed by atoms with Gasteiger partial charge in [0.1, 0.15) is 11.6 Å². The molecule has 0 bridgehead atoms. The first-order valence-corrected chi connectivity index (χ1v) is 9.94. The summed E-state index contributed by atoms with van der Waals surface area (Å²) < 4.78 is 1.91. The lowest BCUT2D eigenvalue weighted by atomic mass is 10.1. The maximum atomic E-state index is 9.47. The number of hydrogen-bond acceptors (Lipinski definition) is 6. The molecule has 0 amide bonds. The number of rotatable bonds is 5. The highest BCUT2D eigenvalue weighted by Gasteiger charge is 2.11. The van der Waals surface area contributed by atoms with Crippen molar-refractivity contribution in [1.29, 1.82) is 5.26 Å². The third-order valence-corrected chi connectivity index (χ3v) is 4.79. The second kappa shape index (κ2) is 7.91. The molecule has 4 rings (SSSR count). The van der Waals surface area contributed by atoms with Crippen molar-refractivity contribution in [3.63, 3.8) is 0 Å². The van der Waals surface area contributed by atoms with E-state index in [0.29, 0.717) is 11.4 Å². The molecule has 4 aromatic rings. The Morgan fingerprint density at radius 2 is 1.67 bits per heavy atom. The number of anilines is 1. The van der Waals surface area contributed by atoms with Crippen LogP contribution >= 0.6 is 0 Å². The van der Waals surface area contributed by atoms with Crippen molar-refractivity contribution in [2.75, 3.05) is 5.32 Å². The SMILES string of the molecule is CC(C)Nc1ccc(-c2ncc(-c3ccc4c(c3)nnn4C(C)C)cn2)cc1C#N. The van der Waals surface area contributed by atoms with Crippen molar-refractivity contribution in [3.8, 4) is 28.6 Å². The average Bonchev–Trinajstić information content (AvgIpc) is 3.17. The van der Waals surface area contributed by atoms with E-state index >= 15 is 0 Å². The fourth-order valence-corrected chi connectivity index (χ4v) is 3.34. The normalized spacial score (nSPS) is 11.2. The van der Waals surface area contributed by atoms with E-state index in [9.17, 15) is 5.26 Å². The van der Waals surface area contributed by atoms with Gasteiger partial charge < -0.3 is 5.32 Å². The van der Waals surface area contributed by atoms with Gasteiger partial charge in [0.15, 0.2) is 5.82 Å². The standard InChI is InChI=1S/C23H23N7/c1-14(2)27-20-7-5-17(9-18(20)11-24)23-25-12-19(13-26-23)16-6-8-22-21(10-16)28-29-30(22)15(3)4/h5-10,12-15,27H,1-4H3. The molecule has 0 fully saturated rings. The molecule has 0 spiro atoms. The molecule has 150 valence electrons. The highest BCUT2D eigenvalue weighted by Crippen LogP contribution is 2.26. The fourth-order valence-electron chi connectivity index (χ4n) is 3.34. The Labute approximate surface area is 175 Å². The summed E-state index contributed by atoms with van der Waals surface area (Å²) in [5.74, 6) is 0.582. The maximum absolute atomic E-state index is 9.47. The molecular weight excluding hydrogens is 374 g/mol. The predicted octanol–water partition coefficient (Wildman–Crippen LogP) is 4.83. The van der Waals surface area contributed by atoms with Crippen LogP contribution in [0.5, 0.6) is 0 Å².